The van der Waals surface area contributed by atoms with Gasteiger partial charge in [0.1, 0.15) is 5.82 Å². The van der Waals surface area contributed by atoms with Gasteiger partial charge in [0.25, 0.3) is 0 Å². The van der Waals surface area contributed by atoms with Crippen LogP contribution in [0.4, 0.5) is 4.39 Å². The highest BCUT2D eigenvalue weighted by molar-refractivity contribution is 6.31. The lowest BCUT2D eigenvalue weighted by Crippen LogP contribution is -2.00. The Balaban J connectivity index is 2.56. The normalized spacial score (nSPS) is 10.4. The van der Waals surface area contributed by atoms with Crippen molar-refractivity contribution >= 4 is 17.6 Å². The summed E-state index contributed by atoms with van der Waals surface area (Å²) in [6.07, 6.45) is 0. The largest absolute Gasteiger partial charge is 0.478 e. The lowest BCUT2D eigenvalue weighted by atomic mass is 9.99. The highest BCUT2D eigenvalue weighted by Crippen LogP contribution is 2.29. The molecule has 0 fully saturated rings. The zero-order chi connectivity index (χ0) is 13.3. The molecule has 0 aliphatic carbocycles. The molecule has 2 aromatic carbocycles. The highest BCUT2D eigenvalue weighted by atomic mass is 35.5. The summed E-state index contributed by atoms with van der Waals surface area (Å²) < 4.78 is 13.6. The number of carboxylic acid groups (broad SMARTS) is 1. The van der Waals surface area contributed by atoms with Crippen molar-refractivity contribution < 1.29 is 14.3 Å². The molecule has 0 radical (unpaired) electrons. The van der Waals surface area contributed by atoms with Gasteiger partial charge in [-0.15, -0.1) is 0 Å². The van der Waals surface area contributed by atoms with Crippen LogP contribution in [0, 0.1) is 12.7 Å². The molecule has 0 aliphatic rings. The predicted molar refractivity (Wildman–Crippen MR) is 68.5 cm³/mol. The van der Waals surface area contributed by atoms with E-state index in [-0.39, 0.29) is 5.56 Å². The third-order valence-electron chi connectivity index (χ3n) is 2.78. The van der Waals surface area contributed by atoms with Gasteiger partial charge in [-0.2, -0.15) is 0 Å². The molecule has 18 heavy (non-hydrogen) atoms. The van der Waals surface area contributed by atoms with E-state index in [2.05, 4.69) is 0 Å². The SMILES string of the molecule is Cc1c(Cl)cccc1-c1ccc(C(=O)O)c(F)c1. The molecule has 0 amide bonds. The fraction of sp³-hybridized carbons (Fsp3) is 0.0714. The van der Waals surface area contributed by atoms with Gasteiger partial charge >= 0.3 is 5.97 Å². The van der Waals surface area contributed by atoms with Crippen molar-refractivity contribution in [3.05, 3.63) is 58.4 Å². The maximum absolute atomic E-state index is 13.6. The van der Waals surface area contributed by atoms with Crippen LogP contribution >= 0.6 is 11.6 Å². The Kier molecular flexibility index (Phi) is 3.34. The fourth-order valence-corrected chi connectivity index (χ4v) is 1.95. The molecule has 0 aromatic heterocycles. The lowest BCUT2D eigenvalue weighted by molar-refractivity contribution is 0.0692. The second-order valence-corrected chi connectivity index (χ2v) is 4.32. The first-order valence-electron chi connectivity index (χ1n) is 5.29. The molecule has 2 nitrogen and oxygen atoms in total. The first-order chi connectivity index (χ1) is 8.50. The van der Waals surface area contributed by atoms with Gasteiger partial charge in [0.15, 0.2) is 0 Å². The monoisotopic (exact) mass is 264 g/mol. The summed E-state index contributed by atoms with van der Waals surface area (Å²) in [6, 6.07) is 9.38. The zero-order valence-electron chi connectivity index (χ0n) is 9.58. The van der Waals surface area contributed by atoms with E-state index >= 15 is 0 Å². The Morgan fingerprint density at radius 1 is 1.28 bits per heavy atom. The molecule has 0 saturated heterocycles. The Bertz CT molecular complexity index is 623. The van der Waals surface area contributed by atoms with Crippen molar-refractivity contribution in [3.8, 4) is 11.1 Å². The van der Waals surface area contributed by atoms with Crippen LogP contribution in [0.15, 0.2) is 36.4 Å². The molecule has 0 saturated carbocycles. The molecule has 0 aliphatic heterocycles. The topological polar surface area (TPSA) is 37.3 Å². The Labute approximate surface area is 109 Å². The summed E-state index contributed by atoms with van der Waals surface area (Å²) in [4.78, 5) is 10.7. The Morgan fingerprint density at radius 2 is 2.00 bits per heavy atom. The van der Waals surface area contributed by atoms with Crippen molar-refractivity contribution in [2.24, 2.45) is 0 Å². The molecule has 92 valence electrons. The van der Waals surface area contributed by atoms with Crippen molar-refractivity contribution in [1.82, 2.24) is 0 Å². The molecule has 1 N–H and O–H groups in total. The summed E-state index contributed by atoms with van der Waals surface area (Å²) in [6.45, 7) is 1.83. The van der Waals surface area contributed by atoms with Crippen molar-refractivity contribution in [3.63, 3.8) is 0 Å². The molecule has 0 unspecified atom stereocenters. The van der Waals surface area contributed by atoms with Crippen LogP contribution in [0.5, 0.6) is 0 Å². The standard InChI is InChI=1S/C14H10ClFO2/c1-8-10(3-2-4-12(8)15)9-5-6-11(14(17)18)13(16)7-9/h2-7H,1H3,(H,17,18). The van der Waals surface area contributed by atoms with Crippen LogP contribution in [-0.4, -0.2) is 11.1 Å². The Morgan fingerprint density at radius 3 is 2.61 bits per heavy atom. The number of rotatable bonds is 2. The van der Waals surface area contributed by atoms with E-state index in [1.165, 1.54) is 12.1 Å². The van der Waals surface area contributed by atoms with Gasteiger partial charge in [-0.1, -0.05) is 29.8 Å². The minimum Gasteiger partial charge on any atom is -0.478 e. The quantitative estimate of drug-likeness (QED) is 0.885. The van der Waals surface area contributed by atoms with E-state index in [1.54, 1.807) is 18.2 Å². The van der Waals surface area contributed by atoms with Gasteiger partial charge in [0.2, 0.25) is 0 Å². The van der Waals surface area contributed by atoms with E-state index in [9.17, 15) is 9.18 Å². The summed E-state index contributed by atoms with van der Waals surface area (Å²) in [7, 11) is 0. The number of hydrogen-bond donors (Lipinski definition) is 1. The molecule has 4 heteroatoms. The van der Waals surface area contributed by atoms with Crippen LogP contribution in [-0.2, 0) is 0 Å². The summed E-state index contributed by atoms with van der Waals surface area (Å²) in [5.74, 6) is -2.03. The minimum absolute atomic E-state index is 0.335. The van der Waals surface area contributed by atoms with Crippen LogP contribution in [0.3, 0.4) is 0 Å². The summed E-state index contributed by atoms with van der Waals surface area (Å²) >= 11 is 6.00. The third kappa shape index (κ3) is 2.22. The highest BCUT2D eigenvalue weighted by Gasteiger charge is 2.12. The molecular weight excluding hydrogens is 255 g/mol. The zero-order valence-corrected chi connectivity index (χ0v) is 10.3. The smallest absolute Gasteiger partial charge is 0.338 e. The van der Waals surface area contributed by atoms with E-state index in [4.69, 9.17) is 16.7 Å². The summed E-state index contributed by atoms with van der Waals surface area (Å²) in [5, 5.41) is 9.36. The second kappa shape index (κ2) is 4.78. The number of aromatic carboxylic acids is 1. The minimum atomic E-state index is -1.28. The van der Waals surface area contributed by atoms with Crippen LogP contribution in [0.1, 0.15) is 15.9 Å². The number of carboxylic acids is 1. The molecule has 0 bridgehead atoms. The number of benzene rings is 2. The summed E-state index contributed by atoms with van der Waals surface area (Å²) in [5.41, 5.74) is 1.90. The third-order valence-corrected chi connectivity index (χ3v) is 3.19. The van der Waals surface area contributed by atoms with E-state index < -0.39 is 11.8 Å². The van der Waals surface area contributed by atoms with Crippen LogP contribution in [0.2, 0.25) is 5.02 Å². The van der Waals surface area contributed by atoms with Gasteiger partial charge in [-0.3, -0.25) is 0 Å². The maximum atomic E-state index is 13.6. The number of carbonyl (C=O) groups is 1. The number of halogens is 2. The van der Waals surface area contributed by atoms with Crippen LogP contribution < -0.4 is 0 Å². The van der Waals surface area contributed by atoms with E-state index in [1.807, 2.05) is 13.0 Å². The molecule has 0 spiro atoms. The molecular formula is C14H10ClFO2. The van der Waals surface area contributed by atoms with Crippen molar-refractivity contribution in [1.29, 1.82) is 0 Å². The first kappa shape index (κ1) is 12.6. The van der Waals surface area contributed by atoms with Gasteiger partial charge in [0, 0.05) is 5.02 Å². The maximum Gasteiger partial charge on any atom is 0.338 e. The average molecular weight is 265 g/mol. The second-order valence-electron chi connectivity index (χ2n) is 3.91. The molecule has 0 heterocycles. The van der Waals surface area contributed by atoms with Crippen LogP contribution in [0.25, 0.3) is 11.1 Å². The molecule has 0 atom stereocenters. The van der Waals surface area contributed by atoms with Gasteiger partial charge < -0.3 is 5.11 Å². The lowest BCUT2D eigenvalue weighted by Gasteiger charge is -2.08. The predicted octanol–water partition coefficient (Wildman–Crippen LogP) is 4.15. The molecule has 2 rings (SSSR count). The van der Waals surface area contributed by atoms with Gasteiger partial charge in [-0.05, 0) is 41.8 Å². The van der Waals surface area contributed by atoms with E-state index in [0.29, 0.717) is 10.6 Å². The van der Waals surface area contributed by atoms with Gasteiger partial charge in [0.05, 0.1) is 5.56 Å². The van der Waals surface area contributed by atoms with E-state index in [0.717, 1.165) is 11.1 Å². The van der Waals surface area contributed by atoms with Gasteiger partial charge in [-0.25, -0.2) is 9.18 Å². The first-order valence-corrected chi connectivity index (χ1v) is 5.67. The number of hydrogen-bond acceptors (Lipinski definition) is 1. The van der Waals surface area contributed by atoms with Crippen molar-refractivity contribution in [2.75, 3.05) is 0 Å². The molecule has 2 aromatic rings. The Hall–Kier alpha value is -1.87. The fourth-order valence-electron chi connectivity index (χ4n) is 1.78. The van der Waals surface area contributed by atoms with Crippen molar-refractivity contribution in [2.45, 2.75) is 6.92 Å². The average Bonchev–Trinajstić information content (AvgIpc) is 2.32.